The highest BCUT2D eigenvalue weighted by Gasteiger charge is 2.29. The fourth-order valence-corrected chi connectivity index (χ4v) is 2.52. The highest BCUT2D eigenvalue weighted by molar-refractivity contribution is 6.34. The molecule has 0 saturated heterocycles. The molecule has 0 fully saturated rings. The summed E-state index contributed by atoms with van der Waals surface area (Å²) in [5.74, 6) is 0.253. The predicted octanol–water partition coefficient (Wildman–Crippen LogP) is 1.87. The summed E-state index contributed by atoms with van der Waals surface area (Å²) in [7, 11) is 1.56. The summed E-state index contributed by atoms with van der Waals surface area (Å²) >= 11 is 6.18. The number of carbonyl (C=O) groups is 2. The Morgan fingerprint density at radius 2 is 2.16 bits per heavy atom. The van der Waals surface area contributed by atoms with E-state index in [2.05, 4.69) is 15.8 Å². The van der Waals surface area contributed by atoms with Crippen LogP contribution >= 0.6 is 11.6 Å². The number of rotatable bonds is 8. The lowest BCUT2D eigenvalue weighted by molar-refractivity contribution is -0.131. The van der Waals surface area contributed by atoms with E-state index >= 15 is 0 Å². The highest BCUT2D eigenvalue weighted by atomic mass is 35.5. The van der Waals surface area contributed by atoms with Crippen LogP contribution in [0.1, 0.15) is 31.7 Å². The second-order valence-electron chi connectivity index (χ2n) is 5.57. The number of hydrogen-bond acceptors (Lipinski definition) is 5. The Hall–Kier alpha value is -2.28. The molecule has 1 aromatic carbocycles. The maximum Gasteiger partial charge on any atom is 0.264 e. The normalized spacial score (nSPS) is 16.0. The maximum atomic E-state index is 12.1. The van der Waals surface area contributed by atoms with Crippen LogP contribution in [0.2, 0.25) is 5.02 Å². The fraction of sp³-hybridized carbons (Fsp3) is 0.471. The van der Waals surface area contributed by atoms with Crippen LogP contribution in [0.15, 0.2) is 23.4 Å². The van der Waals surface area contributed by atoms with Crippen molar-refractivity contribution < 1.29 is 19.2 Å². The van der Waals surface area contributed by atoms with Gasteiger partial charge in [-0.1, -0.05) is 23.7 Å². The number of ether oxygens (including phenoxy) is 1. The van der Waals surface area contributed by atoms with E-state index in [1.54, 1.807) is 25.3 Å². The fourth-order valence-electron chi connectivity index (χ4n) is 2.30. The summed E-state index contributed by atoms with van der Waals surface area (Å²) in [5.41, 5.74) is 1.26. The van der Waals surface area contributed by atoms with Crippen molar-refractivity contribution >= 4 is 29.1 Å². The molecule has 0 spiro atoms. The van der Waals surface area contributed by atoms with Crippen LogP contribution in [-0.2, 0) is 14.4 Å². The second kappa shape index (κ2) is 9.27. The van der Waals surface area contributed by atoms with Crippen molar-refractivity contribution in [3.8, 4) is 5.75 Å². The number of nitrogens with one attached hydrogen (secondary N) is 2. The average molecular weight is 368 g/mol. The Kier molecular flexibility index (Phi) is 7.06. The maximum absolute atomic E-state index is 12.1. The summed E-state index contributed by atoms with van der Waals surface area (Å²) in [6.07, 6.45) is 0.686. The van der Waals surface area contributed by atoms with Crippen molar-refractivity contribution in [2.75, 3.05) is 20.2 Å². The first kappa shape index (κ1) is 19.1. The second-order valence-corrected chi connectivity index (χ2v) is 5.98. The minimum atomic E-state index is -0.726. The van der Waals surface area contributed by atoms with Gasteiger partial charge in [0.2, 0.25) is 12.0 Å². The Morgan fingerprint density at radius 3 is 2.88 bits per heavy atom. The molecule has 1 aromatic rings. The van der Waals surface area contributed by atoms with Crippen LogP contribution in [0.5, 0.6) is 5.75 Å². The molecule has 0 radical (unpaired) electrons. The molecule has 136 valence electrons. The van der Waals surface area contributed by atoms with Crippen LogP contribution in [0.4, 0.5) is 0 Å². The van der Waals surface area contributed by atoms with E-state index in [4.69, 9.17) is 21.2 Å². The van der Waals surface area contributed by atoms with Crippen molar-refractivity contribution in [3.63, 3.8) is 0 Å². The van der Waals surface area contributed by atoms with Crippen LogP contribution in [0.25, 0.3) is 0 Å². The Balaban J connectivity index is 1.83. The summed E-state index contributed by atoms with van der Waals surface area (Å²) < 4.78 is 5.18. The van der Waals surface area contributed by atoms with Crippen LogP contribution in [-0.4, -0.2) is 43.8 Å². The van der Waals surface area contributed by atoms with Gasteiger partial charge in [-0.05, 0) is 24.6 Å². The van der Waals surface area contributed by atoms with Crippen molar-refractivity contribution in [2.24, 2.45) is 5.16 Å². The Labute approximate surface area is 151 Å². The lowest BCUT2D eigenvalue weighted by Crippen LogP contribution is -2.37. The molecule has 1 atom stereocenters. The van der Waals surface area contributed by atoms with Gasteiger partial charge >= 0.3 is 0 Å². The number of carbonyl (C=O) groups excluding carboxylic acids is 2. The highest BCUT2D eigenvalue weighted by Crippen LogP contribution is 2.26. The van der Waals surface area contributed by atoms with Gasteiger partial charge in [0.25, 0.3) is 5.91 Å². The number of oxime groups is 1. The van der Waals surface area contributed by atoms with E-state index in [-0.39, 0.29) is 24.8 Å². The molecule has 0 aliphatic carbocycles. The predicted molar refractivity (Wildman–Crippen MR) is 95.0 cm³/mol. The minimum Gasteiger partial charge on any atom is -0.497 e. The zero-order valence-electron chi connectivity index (χ0n) is 14.3. The van der Waals surface area contributed by atoms with Crippen LogP contribution < -0.4 is 15.4 Å². The van der Waals surface area contributed by atoms with E-state index < -0.39 is 6.10 Å². The molecule has 2 rings (SSSR count). The van der Waals surface area contributed by atoms with Gasteiger partial charge in [-0.3, -0.25) is 9.59 Å². The van der Waals surface area contributed by atoms with Crippen molar-refractivity contribution in [2.45, 2.75) is 32.3 Å². The first-order chi connectivity index (χ1) is 12.0. The van der Waals surface area contributed by atoms with Gasteiger partial charge in [0.15, 0.2) is 0 Å². The molecule has 25 heavy (non-hydrogen) atoms. The zero-order chi connectivity index (χ0) is 18.2. The summed E-state index contributed by atoms with van der Waals surface area (Å²) in [4.78, 5) is 28.8. The average Bonchev–Trinajstić information content (AvgIpc) is 3.10. The largest absolute Gasteiger partial charge is 0.497 e. The SMILES string of the molecule is CCCNC(=O)CCNC(=O)[C@H]1CC(c2cc(OC)ccc2Cl)=NO1. The molecule has 2 N–H and O–H groups in total. The van der Waals surface area contributed by atoms with Crippen LogP contribution in [0, 0.1) is 0 Å². The van der Waals surface area contributed by atoms with Gasteiger partial charge in [0.05, 0.1) is 17.8 Å². The lowest BCUT2D eigenvalue weighted by Gasteiger charge is -2.10. The number of benzene rings is 1. The standard InChI is InChI=1S/C17H22ClN3O4/c1-3-7-19-16(22)6-8-20-17(23)15-10-14(21-25-15)12-9-11(24-2)4-5-13(12)18/h4-5,9,15H,3,6-8,10H2,1-2H3,(H,19,22)(H,20,23)/t15-/m1/s1. The lowest BCUT2D eigenvalue weighted by atomic mass is 10.0. The molecule has 0 saturated carbocycles. The van der Waals surface area contributed by atoms with E-state index in [9.17, 15) is 9.59 Å². The van der Waals surface area contributed by atoms with E-state index in [0.717, 1.165) is 6.42 Å². The third-order valence-corrected chi connectivity index (χ3v) is 4.00. The van der Waals surface area contributed by atoms with Gasteiger partial charge in [-0.15, -0.1) is 0 Å². The Bertz CT molecular complexity index is 663. The van der Waals surface area contributed by atoms with Crippen molar-refractivity contribution in [1.82, 2.24) is 10.6 Å². The summed E-state index contributed by atoms with van der Waals surface area (Å²) in [5, 5.41) is 9.91. The molecule has 1 heterocycles. The summed E-state index contributed by atoms with van der Waals surface area (Å²) in [6, 6.07) is 5.21. The number of nitrogens with zero attached hydrogens (tertiary/aromatic N) is 1. The summed E-state index contributed by atoms with van der Waals surface area (Å²) in [6.45, 7) is 2.87. The third-order valence-electron chi connectivity index (χ3n) is 3.67. The van der Waals surface area contributed by atoms with E-state index in [1.165, 1.54) is 0 Å². The number of methoxy groups -OCH3 is 1. The monoisotopic (exact) mass is 367 g/mol. The van der Waals surface area contributed by atoms with Crippen LogP contribution in [0.3, 0.4) is 0 Å². The number of amides is 2. The molecule has 0 unspecified atom stereocenters. The van der Waals surface area contributed by atoms with E-state index in [0.29, 0.717) is 35.0 Å². The quantitative estimate of drug-likeness (QED) is 0.734. The molecule has 1 aliphatic rings. The van der Waals surface area contributed by atoms with Gasteiger partial charge in [0, 0.05) is 31.5 Å². The zero-order valence-corrected chi connectivity index (χ0v) is 15.1. The Morgan fingerprint density at radius 1 is 1.36 bits per heavy atom. The molecule has 7 nitrogen and oxygen atoms in total. The molecule has 0 bridgehead atoms. The molecule has 8 heteroatoms. The van der Waals surface area contributed by atoms with E-state index in [1.807, 2.05) is 6.92 Å². The first-order valence-corrected chi connectivity index (χ1v) is 8.54. The van der Waals surface area contributed by atoms with Crippen molar-refractivity contribution in [3.05, 3.63) is 28.8 Å². The molecule has 1 aliphatic heterocycles. The van der Waals surface area contributed by atoms with Crippen molar-refractivity contribution in [1.29, 1.82) is 0 Å². The molecule has 2 amide bonds. The smallest absolute Gasteiger partial charge is 0.264 e. The van der Waals surface area contributed by atoms with Gasteiger partial charge < -0.3 is 20.2 Å². The molecule has 0 aromatic heterocycles. The third kappa shape index (κ3) is 5.35. The van der Waals surface area contributed by atoms with Gasteiger partial charge in [-0.25, -0.2) is 0 Å². The topological polar surface area (TPSA) is 89.0 Å². The first-order valence-electron chi connectivity index (χ1n) is 8.16. The number of halogens is 1. The minimum absolute atomic E-state index is 0.0883. The molecular weight excluding hydrogens is 346 g/mol. The number of hydrogen-bond donors (Lipinski definition) is 2. The van der Waals surface area contributed by atoms with Gasteiger partial charge in [-0.2, -0.15) is 0 Å². The molecular formula is C17H22ClN3O4. The van der Waals surface area contributed by atoms with Gasteiger partial charge in [0.1, 0.15) is 5.75 Å².